The van der Waals surface area contributed by atoms with Gasteiger partial charge in [0.15, 0.2) is 0 Å². The highest BCUT2D eigenvalue weighted by atomic mass is 79.9. The summed E-state index contributed by atoms with van der Waals surface area (Å²) >= 11 is 9.43. The van der Waals surface area contributed by atoms with E-state index in [0.29, 0.717) is 4.32 Å². The Bertz CT molecular complexity index is 230. The zero-order chi connectivity index (χ0) is 8.34. The van der Waals surface area contributed by atoms with Gasteiger partial charge in [0.25, 0.3) is 0 Å². The van der Waals surface area contributed by atoms with E-state index in [2.05, 4.69) is 15.9 Å². The molecule has 4 fully saturated rings. The van der Waals surface area contributed by atoms with Crippen LogP contribution in [0.25, 0.3) is 0 Å². The predicted octanol–water partition coefficient (Wildman–Crippen LogP) is 3.33. The fraction of sp³-hybridized carbons (Fsp3) is 0.900. The highest BCUT2D eigenvalue weighted by Crippen LogP contribution is 2.57. The lowest BCUT2D eigenvalue weighted by molar-refractivity contribution is 0.139. The normalized spacial score (nSPS) is 56.4. The SMILES string of the molecule is S=C1[C@@H]2CC3C[C@H]1CC(Br)(C3)C2. The van der Waals surface area contributed by atoms with Gasteiger partial charge < -0.3 is 0 Å². The number of alkyl halides is 1. The van der Waals surface area contributed by atoms with Crippen LogP contribution in [0.1, 0.15) is 32.1 Å². The molecule has 66 valence electrons. The van der Waals surface area contributed by atoms with Crippen molar-refractivity contribution in [1.29, 1.82) is 0 Å². The van der Waals surface area contributed by atoms with Gasteiger partial charge in [0.1, 0.15) is 0 Å². The lowest BCUT2D eigenvalue weighted by Crippen LogP contribution is -2.51. The van der Waals surface area contributed by atoms with Gasteiger partial charge >= 0.3 is 0 Å². The van der Waals surface area contributed by atoms with Crippen LogP contribution in [0.15, 0.2) is 0 Å². The van der Waals surface area contributed by atoms with Crippen LogP contribution in [0.2, 0.25) is 0 Å². The third-order valence-corrected chi connectivity index (χ3v) is 5.56. The Morgan fingerprint density at radius 3 is 2.25 bits per heavy atom. The molecule has 4 bridgehead atoms. The van der Waals surface area contributed by atoms with Crippen molar-refractivity contribution in [3.63, 3.8) is 0 Å². The summed E-state index contributed by atoms with van der Waals surface area (Å²) in [6, 6.07) is 0. The maximum absolute atomic E-state index is 5.50. The summed E-state index contributed by atoms with van der Waals surface area (Å²) < 4.78 is 0.506. The second-order valence-corrected chi connectivity index (χ2v) is 7.05. The molecule has 4 aliphatic rings. The van der Waals surface area contributed by atoms with Crippen LogP contribution in [-0.2, 0) is 0 Å². The first-order chi connectivity index (χ1) is 5.66. The highest BCUT2D eigenvalue weighted by Gasteiger charge is 2.52. The number of rotatable bonds is 0. The zero-order valence-electron chi connectivity index (χ0n) is 7.05. The predicted molar refractivity (Wildman–Crippen MR) is 57.8 cm³/mol. The van der Waals surface area contributed by atoms with E-state index in [1.807, 2.05) is 0 Å². The summed E-state index contributed by atoms with van der Waals surface area (Å²) in [4.78, 5) is 1.42. The third kappa shape index (κ3) is 0.971. The standard InChI is InChI=1S/C10H13BrS/c11-10-3-6-1-7(4-10)9(12)8(2-6)5-10/h6-8H,1-5H2/t6?,7-,8+,10?. The van der Waals surface area contributed by atoms with E-state index in [1.54, 1.807) is 0 Å². The molecule has 0 amide bonds. The summed E-state index contributed by atoms with van der Waals surface area (Å²) in [5.74, 6) is 2.59. The van der Waals surface area contributed by atoms with Crippen molar-refractivity contribution in [3.05, 3.63) is 0 Å². The van der Waals surface area contributed by atoms with E-state index in [4.69, 9.17) is 12.2 Å². The van der Waals surface area contributed by atoms with E-state index >= 15 is 0 Å². The lowest BCUT2D eigenvalue weighted by atomic mass is 9.56. The number of thiocarbonyl (C=S) groups is 1. The van der Waals surface area contributed by atoms with Gasteiger partial charge in [-0.2, -0.15) is 0 Å². The molecule has 2 heteroatoms. The zero-order valence-corrected chi connectivity index (χ0v) is 9.46. The van der Waals surface area contributed by atoms with Crippen LogP contribution in [0.3, 0.4) is 0 Å². The molecule has 0 spiro atoms. The minimum Gasteiger partial charge on any atom is -0.0891 e. The van der Waals surface area contributed by atoms with Gasteiger partial charge in [0.05, 0.1) is 0 Å². The minimum absolute atomic E-state index is 0.506. The van der Waals surface area contributed by atoms with Gasteiger partial charge in [-0.15, -0.1) is 0 Å². The van der Waals surface area contributed by atoms with Gasteiger partial charge in [0.2, 0.25) is 0 Å². The van der Waals surface area contributed by atoms with E-state index < -0.39 is 0 Å². The Hall–Kier alpha value is 0.570. The molecule has 12 heavy (non-hydrogen) atoms. The van der Waals surface area contributed by atoms with Crippen molar-refractivity contribution in [2.24, 2.45) is 17.8 Å². The topological polar surface area (TPSA) is 0 Å². The van der Waals surface area contributed by atoms with Gasteiger partial charge in [-0.1, -0.05) is 28.1 Å². The van der Waals surface area contributed by atoms with Crippen LogP contribution >= 0.6 is 28.1 Å². The van der Waals surface area contributed by atoms with E-state index in [1.165, 1.54) is 37.0 Å². The van der Waals surface area contributed by atoms with Gasteiger partial charge in [0, 0.05) is 4.32 Å². The van der Waals surface area contributed by atoms with Crippen LogP contribution in [-0.4, -0.2) is 9.19 Å². The first kappa shape index (κ1) is 7.93. The van der Waals surface area contributed by atoms with E-state index in [0.717, 1.165) is 17.8 Å². The molecule has 4 atom stereocenters. The second kappa shape index (κ2) is 2.33. The number of halogens is 1. The van der Waals surface area contributed by atoms with Crippen molar-refractivity contribution in [3.8, 4) is 0 Å². The minimum atomic E-state index is 0.506. The lowest BCUT2D eigenvalue weighted by Gasteiger charge is -2.54. The average Bonchev–Trinajstić information content (AvgIpc) is 1.96. The molecule has 4 rings (SSSR count). The van der Waals surface area contributed by atoms with Crippen LogP contribution < -0.4 is 0 Å². The maximum Gasteiger partial charge on any atom is 0.0272 e. The molecule has 4 saturated carbocycles. The van der Waals surface area contributed by atoms with E-state index in [9.17, 15) is 0 Å². The molecule has 0 nitrogen and oxygen atoms in total. The molecule has 0 saturated heterocycles. The molecule has 0 aliphatic heterocycles. The Labute approximate surface area is 87.2 Å². The Balaban J connectivity index is 2.00. The molecule has 0 radical (unpaired) electrons. The Morgan fingerprint density at radius 1 is 1.17 bits per heavy atom. The quantitative estimate of drug-likeness (QED) is 0.466. The summed E-state index contributed by atoms with van der Waals surface area (Å²) in [6.07, 6.45) is 6.89. The monoisotopic (exact) mass is 244 g/mol. The number of hydrogen-bond donors (Lipinski definition) is 0. The summed E-state index contributed by atoms with van der Waals surface area (Å²) in [6.45, 7) is 0. The molecule has 0 aromatic carbocycles. The molecule has 2 unspecified atom stereocenters. The summed E-state index contributed by atoms with van der Waals surface area (Å²) in [7, 11) is 0. The maximum atomic E-state index is 5.50. The molecule has 4 aliphatic carbocycles. The molecule has 0 aromatic heterocycles. The first-order valence-electron chi connectivity index (χ1n) is 4.89. The largest absolute Gasteiger partial charge is 0.0891 e. The highest BCUT2D eigenvalue weighted by molar-refractivity contribution is 9.10. The van der Waals surface area contributed by atoms with Gasteiger partial charge in [-0.05, 0) is 54.7 Å². The summed E-state index contributed by atoms with van der Waals surface area (Å²) in [5, 5.41) is 0. The molecule has 0 aromatic rings. The summed E-state index contributed by atoms with van der Waals surface area (Å²) in [5.41, 5.74) is 0. The Kier molecular flexibility index (Phi) is 1.54. The van der Waals surface area contributed by atoms with Crippen molar-refractivity contribution in [2.75, 3.05) is 0 Å². The second-order valence-electron chi connectivity index (χ2n) is 4.90. The smallest absolute Gasteiger partial charge is 0.0272 e. The number of hydrogen-bond acceptors (Lipinski definition) is 1. The van der Waals surface area contributed by atoms with Crippen molar-refractivity contribution < 1.29 is 0 Å². The fourth-order valence-corrected chi connectivity index (χ4v) is 5.25. The van der Waals surface area contributed by atoms with Crippen molar-refractivity contribution in [1.82, 2.24) is 0 Å². The van der Waals surface area contributed by atoms with E-state index in [-0.39, 0.29) is 0 Å². The molecule has 0 N–H and O–H groups in total. The average molecular weight is 245 g/mol. The molecular weight excluding hydrogens is 232 g/mol. The van der Waals surface area contributed by atoms with Crippen LogP contribution in [0.5, 0.6) is 0 Å². The van der Waals surface area contributed by atoms with Crippen LogP contribution in [0, 0.1) is 17.8 Å². The van der Waals surface area contributed by atoms with Crippen molar-refractivity contribution >= 4 is 33.0 Å². The van der Waals surface area contributed by atoms with Gasteiger partial charge in [-0.3, -0.25) is 0 Å². The fourth-order valence-electron chi connectivity index (χ4n) is 3.65. The third-order valence-electron chi connectivity index (χ3n) is 3.92. The van der Waals surface area contributed by atoms with Gasteiger partial charge in [-0.25, -0.2) is 0 Å². The molecular formula is C10H13BrS. The van der Waals surface area contributed by atoms with Crippen molar-refractivity contribution in [2.45, 2.75) is 36.4 Å². The Morgan fingerprint density at radius 2 is 1.75 bits per heavy atom. The molecule has 0 heterocycles. The first-order valence-corrected chi connectivity index (χ1v) is 6.09. The van der Waals surface area contributed by atoms with Crippen LogP contribution in [0.4, 0.5) is 0 Å².